The molecule has 0 N–H and O–H groups in total. The Balaban J connectivity index is 1.81. The molecule has 4 aromatic rings. The fraction of sp³-hybridized carbons (Fsp3) is 0.136. The van der Waals surface area contributed by atoms with Crippen LogP contribution in [0.4, 0.5) is 5.13 Å². The molecule has 0 atom stereocenters. The second-order valence-corrected chi connectivity index (χ2v) is 7.85. The maximum absolute atomic E-state index is 13.7. The van der Waals surface area contributed by atoms with Crippen molar-refractivity contribution in [3.8, 4) is 11.5 Å². The Morgan fingerprint density at radius 2 is 2.00 bits per heavy atom. The summed E-state index contributed by atoms with van der Waals surface area (Å²) >= 11 is 7.53. The second-order valence-electron chi connectivity index (χ2n) is 6.40. The van der Waals surface area contributed by atoms with Gasteiger partial charge in [0.25, 0.3) is 5.91 Å². The minimum atomic E-state index is -0.250. The Bertz CT molecular complexity index is 1200. The van der Waals surface area contributed by atoms with E-state index in [0.29, 0.717) is 33.8 Å². The highest BCUT2D eigenvalue weighted by Gasteiger charge is 2.26. The Morgan fingerprint density at radius 3 is 2.73 bits per heavy atom. The van der Waals surface area contributed by atoms with Gasteiger partial charge in [0.1, 0.15) is 0 Å². The molecule has 0 aliphatic carbocycles. The first-order valence-corrected chi connectivity index (χ1v) is 10.3. The highest BCUT2D eigenvalue weighted by atomic mass is 35.5. The lowest BCUT2D eigenvalue weighted by molar-refractivity contribution is 0.0981. The van der Waals surface area contributed by atoms with Crippen LogP contribution in [0.25, 0.3) is 10.2 Å². The second kappa shape index (κ2) is 8.69. The van der Waals surface area contributed by atoms with Gasteiger partial charge in [-0.05, 0) is 42.0 Å². The van der Waals surface area contributed by atoms with E-state index in [1.165, 1.54) is 25.6 Å². The van der Waals surface area contributed by atoms with Gasteiger partial charge >= 0.3 is 0 Å². The van der Waals surface area contributed by atoms with Crippen LogP contribution in [0.3, 0.4) is 0 Å². The highest BCUT2D eigenvalue weighted by molar-refractivity contribution is 7.22. The molecule has 6 nitrogen and oxygen atoms in total. The molecule has 0 bridgehead atoms. The number of halogens is 1. The van der Waals surface area contributed by atoms with Crippen molar-refractivity contribution in [1.29, 1.82) is 0 Å². The van der Waals surface area contributed by atoms with Crippen molar-refractivity contribution in [2.24, 2.45) is 0 Å². The summed E-state index contributed by atoms with van der Waals surface area (Å²) in [5, 5.41) is 1.18. The number of methoxy groups -OCH3 is 2. The minimum absolute atomic E-state index is 0.250. The van der Waals surface area contributed by atoms with E-state index in [2.05, 4.69) is 9.97 Å². The first-order valence-electron chi connectivity index (χ1n) is 9.08. The molecule has 0 aliphatic rings. The number of para-hydroxylation sites is 1. The number of pyridine rings is 1. The summed E-state index contributed by atoms with van der Waals surface area (Å²) < 4.78 is 11.7. The number of hydrogen-bond donors (Lipinski definition) is 0. The summed E-state index contributed by atoms with van der Waals surface area (Å²) in [5.74, 6) is 0.617. The molecule has 0 saturated heterocycles. The molecule has 2 heterocycles. The van der Waals surface area contributed by atoms with Crippen LogP contribution in [-0.4, -0.2) is 30.1 Å². The van der Waals surface area contributed by atoms with E-state index in [1.54, 1.807) is 41.6 Å². The molecule has 152 valence electrons. The topological polar surface area (TPSA) is 64.5 Å². The number of carbonyl (C=O) groups excluding carboxylic acids is 1. The van der Waals surface area contributed by atoms with Crippen LogP contribution in [0, 0.1) is 0 Å². The predicted molar refractivity (Wildman–Crippen MR) is 119 cm³/mol. The van der Waals surface area contributed by atoms with Crippen molar-refractivity contribution in [3.05, 3.63) is 77.1 Å². The van der Waals surface area contributed by atoms with E-state index >= 15 is 0 Å². The van der Waals surface area contributed by atoms with Crippen LogP contribution in [0.5, 0.6) is 11.5 Å². The van der Waals surface area contributed by atoms with Crippen LogP contribution >= 0.6 is 22.9 Å². The molecule has 2 aromatic heterocycles. The van der Waals surface area contributed by atoms with Gasteiger partial charge in [0, 0.05) is 17.4 Å². The van der Waals surface area contributed by atoms with Gasteiger partial charge in [-0.3, -0.25) is 14.7 Å². The van der Waals surface area contributed by atoms with E-state index in [0.717, 1.165) is 15.8 Å². The maximum atomic E-state index is 13.7. The SMILES string of the molecule is COc1cccc(C(=O)N(Cc2cccnc2)c2nc3ccc(Cl)cc3s2)c1OC. The minimum Gasteiger partial charge on any atom is -0.493 e. The van der Waals surface area contributed by atoms with Gasteiger partial charge in [-0.15, -0.1) is 0 Å². The average Bonchev–Trinajstić information content (AvgIpc) is 3.19. The molecule has 2 aromatic carbocycles. The molecule has 0 saturated carbocycles. The van der Waals surface area contributed by atoms with Crippen molar-refractivity contribution >= 4 is 44.2 Å². The van der Waals surface area contributed by atoms with Crippen LogP contribution in [0.2, 0.25) is 5.02 Å². The van der Waals surface area contributed by atoms with E-state index in [4.69, 9.17) is 21.1 Å². The summed E-state index contributed by atoms with van der Waals surface area (Å²) in [6.45, 7) is 0.306. The van der Waals surface area contributed by atoms with Gasteiger partial charge in [0.2, 0.25) is 0 Å². The van der Waals surface area contributed by atoms with Gasteiger partial charge < -0.3 is 9.47 Å². The zero-order valence-corrected chi connectivity index (χ0v) is 17.9. The van der Waals surface area contributed by atoms with Crippen molar-refractivity contribution in [2.45, 2.75) is 6.54 Å². The summed E-state index contributed by atoms with van der Waals surface area (Å²) in [6, 6.07) is 14.4. The standard InChI is InChI=1S/C22H18ClN3O3S/c1-28-18-7-3-6-16(20(18)29-2)21(27)26(13-14-5-4-10-24-12-14)22-25-17-9-8-15(23)11-19(17)30-22/h3-12H,13H2,1-2H3. The number of anilines is 1. The quantitative estimate of drug-likeness (QED) is 0.412. The predicted octanol–water partition coefficient (Wildman–Crippen LogP) is 5.21. The number of amides is 1. The lowest BCUT2D eigenvalue weighted by atomic mass is 10.1. The lowest BCUT2D eigenvalue weighted by Gasteiger charge is -2.21. The van der Waals surface area contributed by atoms with Crippen LogP contribution in [-0.2, 0) is 6.54 Å². The number of thiazole rings is 1. The Kier molecular flexibility index (Phi) is 5.83. The fourth-order valence-electron chi connectivity index (χ4n) is 3.10. The van der Waals surface area contributed by atoms with Gasteiger partial charge in [-0.1, -0.05) is 35.1 Å². The fourth-order valence-corrected chi connectivity index (χ4v) is 4.34. The largest absolute Gasteiger partial charge is 0.493 e. The molecule has 4 rings (SSSR count). The molecule has 0 radical (unpaired) electrons. The molecule has 1 amide bonds. The lowest BCUT2D eigenvalue weighted by Crippen LogP contribution is -2.30. The van der Waals surface area contributed by atoms with Crippen LogP contribution in [0.1, 0.15) is 15.9 Å². The average molecular weight is 440 g/mol. The first kappa shape index (κ1) is 20.1. The number of fused-ring (bicyclic) bond motifs is 1. The molecular formula is C22H18ClN3O3S. The molecule has 30 heavy (non-hydrogen) atoms. The van der Waals surface area contributed by atoms with Crippen molar-refractivity contribution < 1.29 is 14.3 Å². The zero-order valence-electron chi connectivity index (χ0n) is 16.3. The van der Waals surface area contributed by atoms with Crippen LogP contribution < -0.4 is 14.4 Å². The molecule has 0 fully saturated rings. The van der Waals surface area contributed by atoms with Crippen LogP contribution in [0.15, 0.2) is 60.9 Å². The zero-order chi connectivity index (χ0) is 21.1. The normalized spacial score (nSPS) is 10.8. The maximum Gasteiger partial charge on any atom is 0.264 e. The third kappa shape index (κ3) is 3.94. The highest BCUT2D eigenvalue weighted by Crippen LogP contribution is 2.36. The molecule has 0 spiro atoms. The van der Waals surface area contributed by atoms with E-state index in [1.807, 2.05) is 24.3 Å². The number of benzene rings is 2. The van der Waals surface area contributed by atoms with Crippen molar-refractivity contribution in [2.75, 3.05) is 19.1 Å². The number of rotatable bonds is 6. The Labute approximate surface area is 182 Å². The summed E-state index contributed by atoms with van der Waals surface area (Å²) in [5.41, 5.74) is 2.05. The number of hydrogen-bond acceptors (Lipinski definition) is 6. The summed E-state index contributed by atoms with van der Waals surface area (Å²) in [7, 11) is 3.05. The first-order chi connectivity index (χ1) is 14.6. The molecule has 8 heteroatoms. The third-order valence-corrected chi connectivity index (χ3v) is 5.79. The van der Waals surface area contributed by atoms with Crippen molar-refractivity contribution in [1.82, 2.24) is 9.97 Å². The van der Waals surface area contributed by atoms with Crippen molar-refractivity contribution in [3.63, 3.8) is 0 Å². The third-order valence-electron chi connectivity index (χ3n) is 4.51. The number of carbonyl (C=O) groups is 1. The summed E-state index contributed by atoms with van der Waals surface area (Å²) in [4.78, 5) is 24.1. The van der Waals surface area contributed by atoms with E-state index in [-0.39, 0.29) is 5.91 Å². The smallest absolute Gasteiger partial charge is 0.264 e. The number of nitrogens with zero attached hydrogens (tertiary/aromatic N) is 3. The molecule has 0 unspecified atom stereocenters. The molecule has 0 aliphatic heterocycles. The summed E-state index contributed by atoms with van der Waals surface area (Å²) in [6.07, 6.45) is 3.42. The van der Waals surface area contributed by atoms with Gasteiger partial charge in [0.15, 0.2) is 16.6 Å². The molecular weight excluding hydrogens is 422 g/mol. The Morgan fingerprint density at radius 1 is 1.13 bits per heavy atom. The van der Waals surface area contributed by atoms with Gasteiger partial charge in [-0.25, -0.2) is 4.98 Å². The van der Waals surface area contributed by atoms with Gasteiger partial charge in [-0.2, -0.15) is 0 Å². The monoisotopic (exact) mass is 439 g/mol. The number of ether oxygens (including phenoxy) is 2. The Hall–Kier alpha value is -3.16. The van der Waals surface area contributed by atoms with E-state index < -0.39 is 0 Å². The van der Waals surface area contributed by atoms with E-state index in [9.17, 15) is 4.79 Å². The number of aromatic nitrogens is 2. The van der Waals surface area contributed by atoms with Gasteiger partial charge in [0.05, 0.1) is 36.5 Å².